The number of carbonyl (C=O) groups excluding carboxylic acids is 1. The highest BCUT2D eigenvalue weighted by atomic mass is 32.2. The molecule has 0 saturated carbocycles. The summed E-state index contributed by atoms with van der Waals surface area (Å²) in [5.41, 5.74) is 1.60. The Morgan fingerprint density at radius 1 is 1.38 bits per heavy atom. The standard InChI is InChI=1S/C18H23N3O4S/c1-3-20-12-15(11-19-20)17-13-26(23,24)8-7-21(17)18(22)10-14-5-4-6-16(9-14)25-2/h4-6,9,11-12,17H,3,7-8,10,13H2,1-2H3/t17-/m1/s1. The maximum atomic E-state index is 12.9. The molecule has 0 N–H and O–H groups in total. The second-order valence-electron chi connectivity index (χ2n) is 6.37. The van der Waals surface area contributed by atoms with E-state index in [2.05, 4.69) is 5.10 Å². The number of benzene rings is 1. The van der Waals surface area contributed by atoms with Gasteiger partial charge in [0.1, 0.15) is 5.75 Å². The van der Waals surface area contributed by atoms with Crippen LogP contribution in [0.2, 0.25) is 0 Å². The number of aromatic nitrogens is 2. The molecule has 26 heavy (non-hydrogen) atoms. The number of carbonyl (C=O) groups is 1. The number of nitrogens with zero attached hydrogens (tertiary/aromatic N) is 3. The summed E-state index contributed by atoms with van der Waals surface area (Å²) in [4.78, 5) is 14.6. The van der Waals surface area contributed by atoms with Gasteiger partial charge in [-0.3, -0.25) is 9.48 Å². The van der Waals surface area contributed by atoms with Crippen LogP contribution < -0.4 is 4.74 Å². The molecule has 0 radical (unpaired) electrons. The monoisotopic (exact) mass is 377 g/mol. The average molecular weight is 377 g/mol. The summed E-state index contributed by atoms with van der Waals surface area (Å²) in [5, 5.41) is 4.23. The Morgan fingerprint density at radius 3 is 2.88 bits per heavy atom. The molecule has 1 aliphatic rings. The summed E-state index contributed by atoms with van der Waals surface area (Å²) in [7, 11) is -1.60. The number of hydrogen-bond acceptors (Lipinski definition) is 5. The maximum absolute atomic E-state index is 12.9. The average Bonchev–Trinajstić information content (AvgIpc) is 3.10. The van der Waals surface area contributed by atoms with Crippen LogP contribution in [-0.2, 0) is 27.6 Å². The molecular weight excluding hydrogens is 354 g/mol. The molecule has 1 saturated heterocycles. The summed E-state index contributed by atoms with van der Waals surface area (Å²) in [6, 6.07) is 6.86. The lowest BCUT2D eigenvalue weighted by atomic mass is 10.1. The summed E-state index contributed by atoms with van der Waals surface area (Å²) in [6.45, 7) is 2.85. The minimum Gasteiger partial charge on any atom is -0.497 e. The molecule has 2 aromatic rings. The van der Waals surface area contributed by atoms with E-state index in [1.807, 2.05) is 37.4 Å². The molecule has 0 spiro atoms. The topological polar surface area (TPSA) is 81.5 Å². The predicted octanol–water partition coefficient (Wildman–Crippen LogP) is 1.45. The van der Waals surface area contributed by atoms with Gasteiger partial charge >= 0.3 is 0 Å². The second-order valence-corrected chi connectivity index (χ2v) is 8.60. The van der Waals surface area contributed by atoms with Gasteiger partial charge in [0.15, 0.2) is 9.84 Å². The molecule has 1 amide bonds. The Labute approximate surface area is 153 Å². The molecule has 3 rings (SSSR count). The van der Waals surface area contributed by atoms with Gasteiger partial charge in [-0.2, -0.15) is 5.10 Å². The fourth-order valence-electron chi connectivity index (χ4n) is 3.16. The zero-order chi connectivity index (χ0) is 18.7. The first-order valence-electron chi connectivity index (χ1n) is 8.57. The van der Waals surface area contributed by atoms with Crippen LogP contribution in [0.4, 0.5) is 0 Å². The van der Waals surface area contributed by atoms with Crippen molar-refractivity contribution in [1.82, 2.24) is 14.7 Å². The largest absolute Gasteiger partial charge is 0.497 e. The second kappa shape index (κ2) is 7.49. The lowest BCUT2D eigenvalue weighted by molar-refractivity contribution is -0.132. The van der Waals surface area contributed by atoms with Gasteiger partial charge in [-0.25, -0.2) is 8.42 Å². The van der Waals surface area contributed by atoms with Gasteiger partial charge in [0, 0.05) is 24.8 Å². The first kappa shape index (κ1) is 18.4. The van der Waals surface area contributed by atoms with Crippen LogP contribution in [0.25, 0.3) is 0 Å². The Bertz CT molecular complexity index is 891. The van der Waals surface area contributed by atoms with E-state index in [9.17, 15) is 13.2 Å². The van der Waals surface area contributed by atoms with Crippen molar-refractivity contribution in [2.24, 2.45) is 0 Å². The van der Waals surface area contributed by atoms with Gasteiger partial charge in [0.05, 0.1) is 37.3 Å². The van der Waals surface area contributed by atoms with E-state index in [1.165, 1.54) is 0 Å². The number of sulfone groups is 1. The number of hydrogen-bond donors (Lipinski definition) is 0. The maximum Gasteiger partial charge on any atom is 0.227 e. The number of methoxy groups -OCH3 is 1. The fourth-order valence-corrected chi connectivity index (χ4v) is 4.66. The first-order chi connectivity index (χ1) is 12.4. The smallest absolute Gasteiger partial charge is 0.227 e. The third kappa shape index (κ3) is 4.07. The number of amides is 1. The summed E-state index contributed by atoms with van der Waals surface area (Å²) >= 11 is 0. The first-order valence-corrected chi connectivity index (χ1v) is 10.4. The van der Waals surface area contributed by atoms with E-state index in [-0.39, 0.29) is 30.4 Å². The van der Waals surface area contributed by atoms with E-state index in [4.69, 9.17) is 4.74 Å². The molecule has 0 unspecified atom stereocenters. The van der Waals surface area contributed by atoms with Gasteiger partial charge < -0.3 is 9.64 Å². The lowest BCUT2D eigenvalue weighted by Crippen LogP contribution is -2.46. The van der Waals surface area contributed by atoms with Crippen LogP contribution in [0, 0.1) is 0 Å². The third-order valence-corrected chi connectivity index (χ3v) is 6.23. The van der Waals surface area contributed by atoms with Gasteiger partial charge in [-0.1, -0.05) is 12.1 Å². The van der Waals surface area contributed by atoms with E-state index < -0.39 is 15.9 Å². The van der Waals surface area contributed by atoms with E-state index in [0.29, 0.717) is 12.3 Å². The van der Waals surface area contributed by atoms with Crippen molar-refractivity contribution in [3.8, 4) is 5.75 Å². The molecule has 1 atom stereocenters. The third-order valence-electron chi connectivity index (χ3n) is 4.60. The quantitative estimate of drug-likeness (QED) is 0.788. The van der Waals surface area contributed by atoms with Crippen molar-refractivity contribution in [3.63, 3.8) is 0 Å². The van der Waals surface area contributed by atoms with Crippen molar-refractivity contribution in [2.45, 2.75) is 25.9 Å². The molecule has 140 valence electrons. The van der Waals surface area contributed by atoms with Crippen molar-refractivity contribution >= 4 is 15.7 Å². The van der Waals surface area contributed by atoms with Crippen LogP contribution in [-0.4, -0.2) is 54.2 Å². The van der Waals surface area contributed by atoms with Crippen LogP contribution in [0.5, 0.6) is 5.75 Å². The highest BCUT2D eigenvalue weighted by molar-refractivity contribution is 7.91. The summed E-state index contributed by atoms with van der Waals surface area (Å²) in [6.07, 6.45) is 3.67. The molecule has 1 aromatic carbocycles. The van der Waals surface area contributed by atoms with Crippen LogP contribution >= 0.6 is 0 Å². The van der Waals surface area contributed by atoms with Crippen molar-refractivity contribution in [2.75, 3.05) is 25.2 Å². The minimum absolute atomic E-state index is 0.00470. The van der Waals surface area contributed by atoms with Gasteiger partial charge in [0.25, 0.3) is 0 Å². The molecular formula is C18H23N3O4S. The number of ether oxygens (including phenoxy) is 1. The number of rotatable bonds is 5. The molecule has 1 aromatic heterocycles. The Balaban J connectivity index is 1.83. The van der Waals surface area contributed by atoms with Gasteiger partial charge in [-0.15, -0.1) is 0 Å². The van der Waals surface area contributed by atoms with Crippen LogP contribution in [0.1, 0.15) is 24.1 Å². The lowest BCUT2D eigenvalue weighted by Gasteiger charge is -2.35. The van der Waals surface area contributed by atoms with Crippen molar-refractivity contribution in [1.29, 1.82) is 0 Å². The zero-order valence-electron chi connectivity index (χ0n) is 15.0. The van der Waals surface area contributed by atoms with Gasteiger partial charge in [-0.05, 0) is 24.6 Å². The van der Waals surface area contributed by atoms with Crippen molar-refractivity contribution < 1.29 is 17.9 Å². The SMILES string of the molecule is CCn1cc([C@H]2CS(=O)(=O)CCN2C(=O)Cc2cccc(OC)c2)cn1. The number of aryl methyl sites for hydroxylation is 1. The molecule has 1 fully saturated rings. The Kier molecular flexibility index (Phi) is 5.31. The Morgan fingerprint density at radius 2 is 2.19 bits per heavy atom. The minimum atomic E-state index is -3.18. The summed E-state index contributed by atoms with van der Waals surface area (Å²) in [5.74, 6) is 0.529. The normalized spacial score (nSPS) is 19.3. The highest BCUT2D eigenvalue weighted by Crippen LogP contribution is 2.27. The molecule has 7 nitrogen and oxygen atoms in total. The van der Waals surface area contributed by atoms with Crippen molar-refractivity contribution in [3.05, 3.63) is 47.8 Å². The van der Waals surface area contributed by atoms with E-state index in [1.54, 1.807) is 22.9 Å². The summed E-state index contributed by atoms with van der Waals surface area (Å²) < 4.78 is 31.2. The van der Waals surface area contributed by atoms with E-state index in [0.717, 1.165) is 11.1 Å². The molecule has 1 aliphatic heterocycles. The zero-order valence-corrected chi connectivity index (χ0v) is 15.8. The van der Waals surface area contributed by atoms with Crippen LogP contribution in [0.3, 0.4) is 0 Å². The predicted molar refractivity (Wildman–Crippen MR) is 97.7 cm³/mol. The van der Waals surface area contributed by atoms with Crippen LogP contribution in [0.15, 0.2) is 36.7 Å². The molecule has 2 heterocycles. The van der Waals surface area contributed by atoms with Gasteiger partial charge in [0.2, 0.25) is 5.91 Å². The van der Waals surface area contributed by atoms with E-state index >= 15 is 0 Å². The molecule has 0 aliphatic carbocycles. The molecule has 0 bridgehead atoms. The highest BCUT2D eigenvalue weighted by Gasteiger charge is 2.35. The fraction of sp³-hybridized carbons (Fsp3) is 0.444. The Hall–Kier alpha value is -2.35. The molecule has 8 heteroatoms.